The predicted octanol–water partition coefficient (Wildman–Crippen LogP) is 3.59. The van der Waals surface area contributed by atoms with Gasteiger partial charge in [-0.05, 0) is 43.2 Å². The van der Waals surface area contributed by atoms with E-state index in [9.17, 15) is 22.8 Å². The molecule has 2 aromatic carbocycles. The first kappa shape index (κ1) is 26.2. The first-order valence-corrected chi connectivity index (χ1v) is 13.6. The van der Waals surface area contributed by atoms with Gasteiger partial charge in [-0.3, -0.25) is 14.3 Å². The summed E-state index contributed by atoms with van der Waals surface area (Å²) in [5, 5.41) is 5.70. The van der Waals surface area contributed by atoms with E-state index in [1.807, 2.05) is 6.92 Å². The number of anilines is 2. The Bertz CT molecular complexity index is 1460. The van der Waals surface area contributed by atoms with E-state index >= 15 is 0 Å². The van der Waals surface area contributed by atoms with Gasteiger partial charge in [0.05, 0.1) is 35.4 Å². The lowest BCUT2D eigenvalue weighted by Crippen LogP contribution is -2.35. The number of rotatable bonds is 6. The summed E-state index contributed by atoms with van der Waals surface area (Å²) < 4.78 is 33.2. The Morgan fingerprint density at radius 2 is 1.73 bits per heavy atom. The molecule has 37 heavy (non-hydrogen) atoms. The zero-order chi connectivity index (χ0) is 26.7. The van der Waals surface area contributed by atoms with E-state index in [0.29, 0.717) is 23.5 Å². The number of benzene rings is 2. The van der Waals surface area contributed by atoms with Gasteiger partial charge in [0.25, 0.3) is 21.8 Å². The fourth-order valence-corrected chi connectivity index (χ4v) is 6.34. The first-order valence-electron chi connectivity index (χ1n) is 11.3. The number of sulfonamides is 1. The van der Waals surface area contributed by atoms with Gasteiger partial charge in [-0.1, -0.05) is 29.8 Å². The van der Waals surface area contributed by atoms with Crippen LogP contribution < -0.4 is 15.4 Å². The highest BCUT2D eigenvalue weighted by Crippen LogP contribution is 2.38. The molecular weight excluding hydrogens is 516 g/mol. The molecule has 0 saturated heterocycles. The van der Waals surface area contributed by atoms with Crippen molar-refractivity contribution in [3.8, 4) is 0 Å². The summed E-state index contributed by atoms with van der Waals surface area (Å²) >= 11 is 1.20. The van der Waals surface area contributed by atoms with Crippen LogP contribution in [0.15, 0.2) is 53.4 Å². The Labute approximate surface area is 218 Å². The van der Waals surface area contributed by atoms with Crippen molar-refractivity contribution in [1.29, 1.82) is 0 Å². The number of aryl methyl sites for hydroxylation is 1. The molecule has 0 radical (unpaired) electrons. The minimum atomic E-state index is -3.94. The van der Waals surface area contributed by atoms with Crippen LogP contribution in [-0.4, -0.2) is 51.9 Å². The molecule has 194 valence electrons. The van der Waals surface area contributed by atoms with Crippen molar-refractivity contribution in [3.05, 3.63) is 75.7 Å². The number of methoxy groups -OCH3 is 1. The van der Waals surface area contributed by atoms with Crippen LogP contribution in [0.4, 0.5) is 15.5 Å². The van der Waals surface area contributed by atoms with E-state index in [0.717, 1.165) is 16.0 Å². The number of fused-ring (bicyclic) bond motifs is 1. The monoisotopic (exact) mass is 542 g/mol. The van der Waals surface area contributed by atoms with Crippen molar-refractivity contribution >= 4 is 50.0 Å². The molecule has 0 aliphatic carbocycles. The fourth-order valence-electron chi connectivity index (χ4n) is 4.00. The lowest BCUT2D eigenvalue weighted by molar-refractivity contribution is 0.0962. The Kier molecular flexibility index (Phi) is 7.50. The van der Waals surface area contributed by atoms with Gasteiger partial charge in [-0.15, -0.1) is 11.3 Å². The lowest BCUT2D eigenvalue weighted by atomic mass is 10.0. The number of hydrogen-bond acceptors (Lipinski definition) is 7. The number of amides is 3. The number of hydrogen-bond donors (Lipinski definition) is 3. The SMILES string of the molecule is CNC(=O)c1c(NC(=O)c2ccccc2NS(=O)(=O)c2ccc(C)cc2)sc2c1CCN(C(=O)OC)C2. The summed E-state index contributed by atoms with van der Waals surface area (Å²) in [4.78, 5) is 40.4. The predicted molar refractivity (Wildman–Crippen MR) is 141 cm³/mol. The zero-order valence-corrected chi connectivity index (χ0v) is 22.1. The fraction of sp³-hybridized carbons (Fsp3) is 0.240. The van der Waals surface area contributed by atoms with Crippen LogP contribution in [0.1, 0.15) is 36.7 Å². The highest BCUT2D eigenvalue weighted by atomic mass is 32.2. The summed E-state index contributed by atoms with van der Waals surface area (Å²) in [5.74, 6) is -0.955. The molecular formula is C25H26N4O6S2. The molecule has 0 bridgehead atoms. The van der Waals surface area contributed by atoms with Crippen LogP contribution in [0.3, 0.4) is 0 Å². The molecule has 0 unspecified atom stereocenters. The maximum Gasteiger partial charge on any atom is 0.409 e. The minimum Gasteiger partial charge on any atom is -0.453 e. The van der Waals surface area contributed by atoms with Gasteiger partial charge in [0.1, 0.15) is 5.00 Å². The average molecular weight is 543 g/mol. The van der Waals surface area contributed by atoms with E-state index in [-0.39, 0.29) is 28.6 Å². The maximum absolute atomic E-state index is 13.3. The van der Waals surface area contributed by atoms with Crippen molar-refractivity contribution in [2.75, 3.05) is 30.7 Å². The van der Waals surface area contributed by atoms with E-state index < -0.39 is 22.0 Å². The number of thiophene rings is 1. The molecule has 1 aromatic heterocycles. The van der Waals surface area contributed by atoms with Crippen molar-refractivity contribution in [2.45, 2.75) is 24.8 Å². The normalized spacial score (nSPS) is 12.9. The summed E-state index contributed by atoms with van der Waals surface area (Å²) in [5.41, 5.74) is 2.19. The Hall–Kier alpha value is -3.90. The molecule has 3 amide bonds. The van der Waals surface area contributed by atoms with Crippen LogP contribution in [0.25, 0.3) is 0 Å². The molecule has 3 aromatic rings. The molecule has 10 nitrogen and oxygen atoms in total. The topological polar surface area (TPSA) is 134 Å². The van der Waals surface area contributed by atoms with Crippen LogP contribution in [-0.2, 0) is 27.7 Å². The van der Waals surface area contributed by atoms with Crippen molar-refractivity contribution in [1.82, 2.24) is 10.2 Å². The first-order chi connectivity index (χ1) is 17.6. The van der Waals surface area contributed by atoms with Crippen LogP contribution in [0.5, 0.6) is 0 Å². The highest BCUT2D eigenvalue weighted by molar-refractivity contribution is 7.92. The van der Waals surface area contributed by atoms with Gasteiger partial charge in [0, 0.05) is 18.5 Å². The molecule has 0 atom stereocenters. The summed E-state index contributed by atoms with van der Waals surface area (Å²) in [6.45, 7) is 2.48. The molecule has 0 spiro atoms. The second-order valence-electron chi connectivity index (χ2n) is 8.35. The average Bonchev–Trinajstić information content (AvgIpc) is 3.24. The number of carbonyl (C=O) groups excluding carboxylic acids is 3. The van der Waals surface area contributed by atoms with Crippen molar-refractivity contribution in [2.24, 2.45) is 0 Å². The van der Waals surface area contributed by atoms with E-state index in [4.69, 9.17) is 4.74 Å². The summed E-state index contributed by atoms with van der Waals surface area (Å²) in [7, 11) is -1.14. The van der Waals surface area contributed by atoms with Gasteiger partial charge >= 0.3 is 6.09 Å². The third-order valence-electron chi connectivity index (χ3n) is 5.92. The van der Waals surface area contributed by atoms with E-state index in [1.165, 1.54) is 54.7 Å². The molecule has 2 heterocycles. The molecule has 3 N–H and O–H groups in total. The summed E-state index contributed by atoms with van der Waals surface area (Å²) in [6.07, 6.45) is -0.0483. The Balaban J connectivity index is 1.64. The summed E-state index contributed by atoms with van der Waals surface area (Å²) in [6, 6.07) is 12.6. The third kappa shape index (κ3) is 5.44. The van der Waals surface area contributed by atoms with Gasteiger partial charge in [0.2, 0.25) is 0 Å². The lowest BCUT2D eigenvalue weighted by Gasteiger charge is -2.25. The van der Waals surface area contributed by atoms with Gasteiger partial charge in [-0.25, -0.2) is 13.2 Å². The van der Waals surface area contributed by atoms with Gasteiger partial charge in [0.15, 0.2) is 0 Å². The third-order valence-corrected chi connectivity index (χ3v) is 8.43. The number of carbonyl (C=O) groups is 3. The Morgan fingerprint density at radius 1 is 1.03 bits per heavy atom. The molecule has 1 aliphatic rings. The smallest absolute Gasteiger partial charge is 0.409 e. The molecule has 0 fully saturated rings. The highest BCUT2D eigenvalue weighted by Gasteiger charge is 2.31. The van der Waals surface area contributed by atoms with Crippen LogP contribution >= 0.6 is 11.3 Å². The van der Waals surface area contributed by atoms with Crippen molar-refractivity contribution in [3.63, 3.8) is 0 Å². The number of nitrogens with zero attached hydrogens (tertiary/aromatic N) is 1. The number of para-hydroxylation sites is 1. The maximum atomic E-state index is 13.3. The molecule has 4 rings (SSSR count). The Morgan fingerprint density at radius 3 is 2.41 bits per heavy atom. The molecule has 12 heteroatoms. The second kappa shape index (κ2) is 10.6. The van der Waals surface area contributed by atoms with E-state index in [2.05, 4.69) is 15.4 Å². The zero-order valence-electron chi connectivity index (χ0n) is 20.5. The van der Waals surface area contributed by atoms with Crippen LogP contribution in [0, 0.1) is 6.92 Å². The standard InChI is InChI=1S/C25H26N4O6S2/c1-15-8-10-16(11-9-15)37(33,34)28-19-7-5-4-6-17(19)22(30)27-24-21(23(31)26-2)18-12-13-29(25(32)35-3)14-20(18)36-24/h4-11,28H,12-14H2,1-3H3,(H,26,31)(H,27,30). The number of ether oxygens (including phenoxy) is 1. The van der Waals surface area contributed by atoms with Crippen molar-refractivity contribution < 1.29 is 27.5 Å². The van der Waals surface area contributed by atoms with E-state index in [1.54, 1.807) is 24.3 Å². The second-order valence-corrected chi connectivity index (χ2v) is 11.1. The van der Waals surface area contributed by atoms with Gasteiger partial charge < -0.3 is 20.3 Å². The quantitative estimate of drug-likeness (QED) is 0.436. The van der Waals surface area contributed by atoms with Gasteiger partial charge in [-0.2, -0.15) is 0 Å². The molecule has 1 aliphatic heterocycles. The largest absolute Gasteiger partial charge is 0.453 e. The molecule has 0 saturated carbocycles. The minimum absolute atomic E-state index is 0.0660. The van der Waals surface area contributed by atoms with Crippen LogP contribution in [0.2, 0.25) is 0 Å². The number of nitrogens with one attached hydrogen (secondary N) is 3.